The summed E-state index contributed by atoms with van der Waals surface area (Å²) in [6, 6.07) is 6.75. The van der Waals surface area contributed by atoms with E-state index in [9.17, 15) is 21.9 Å². The van der Waals surface area contributed by atoms with Gasteiger partial charge in [-0.2, -0.15) is 8.42 Å². The van der Waals surface area contributed by atoms with Gasteiger partial charge in [-0.3, -0.25) is 9.59 Å². The van der Waals surface area contributed by atoms with E-state index in [1.165, 1.54) is 16.7 Å². The molecule has 0 saturated carbocycles. The number of hydrogen-bond acceptors (Lipinski definition) is 4. The second-order valence-electron chi connectivity index (χ2n) is 5.37. The first kappa shape index (κ1) is 16.4. The Hall–Kier alpha value is -1.96. The maximum absolute atomic E-state index is 12.7. The fraction of sp³-hybridized carbons (Fsp3) is 0.429. The van der Waals surface area contributed by atoms with Crippen molar-refractivity contribution >= 4 is 33.4 Å². The van der Waals surface area contributed by atoms with E-state index in [0.29, 0.717) is 11.4 Å². The van der Waals surface area contributed by atoms with Crippen molar-refractivity contribution in [1.29, 1.82) is 0 Å². The zero-order chi connectivity index (χ0) is 16.5. The van der Waals surface area contributed by atoms with Gasteiger partial charge in [0.05, 0.1) is 5.75 Å². The molecule has 0 radical (unpaired) electrons. The standard InChI is InChI=1S/C14H17FN2O4S/c1-10(18)16(2)12-3-5-13(6-4-12)17-8-11(7-14(17)19)9-22(15,20)21/h3-6,11H,7-9H2,1-2H3. The molecule has 2 amide bonds. The summed E-state index contributed by atoms with van der Waals surface area (Å²) in [5, 5.41) is 0. The Morgan fingerprint density at radius 1 is 1.36 bits per heavy atom. The lowest BCUT2D eigenvalue weighted by molar-refractivity contribution is -0.117. The Balaban J connectivity index is 2.12. The van der Waals surface area contributed by atoms with Crippen LogP contribution in [0, 0.1) is 5.92 Å². The summed E-state index contributed by atoms with van der Waals surface area (Å²) in [4.78, 5) is 26.1. The first-order chi connectivity index (χ1) is 10.2. The topological polar surface area (TPSA) is 74.8 Å². The fourth-order valence-electron chi connectivity index (χ4n) is 2.46. The molecule has 22 heavy (non-hydrogen) atoms. The summed E-state index contributed by atoms with van der Waals surface area (Å²) in [6.45, 7) is 1.61. The average Bonchev–Trinajstić information content (AvgIpc) is 2.76. The predicted molar refractivity (Wildman–Crippen MR) is 80.9 cm³/mol. The molecule has 1 aliphatic heterocycles. The Bertz CT molecular complexity index is 687. The molecule has 1 aromatic rings. The third kappa shape index (κ3) is 3.82. The summed E-state index contributed by atoms with van der Waals surface area (Å²) in [6.07, 6.45) is 0.0122. The molecular formula is C14H17FN2O4S. The summed E-state index contributed by atoms with van der Waals surface area (Å²) in [5.74, 6) is -1.53. The Morgan fingerprint density at radius 3 is 2.45 bits per heavy atom. The molecule has 1 aromatic carbocycles. The number of hydrogen-bond donors (Lipinski definition) is 0. The third-order valence-electron chi connectivity index (χ3n) is 3.66. The maximum atomic E-state index is 12.7. The van der Waals surface area contributed by atoms with Crippen molar-refractivity contribution in [2.24, 2.45) is 5.92 Å². The summed E-state index contributed by atoms with van der Waals surface area (Å²) in [7, 11) is -2.95. The SMILES string of the molecule is CC(=O)N(C)c1ccc(N2CC(CS(=O)(=O)F)CC2=O)cc1. The van der Waals surface area contributed by atoms with Crippen LogP contribution in [0.3, 0.4) is 0 Å². The van der Waals surface area contributed by atoms with Crippen molar-refractivity contribution in [3.05, 3.63) is 24.3 Å². The van der Waals surface area contributed by atoms with E-state index in [1.54, 1.807) is 31.3 Å². The van der Waals surface area contributed by atoms with E-state index in [4.69, 9.17) is 0 Å². The van der Waals surface area contributed by atoms with Crippen molar-refractivity contribution in [1.82, 2.24) is 0 Å². The number of benzene rings is 1. The second kappa shape index (κ2) is 6.04. The smallest absolute Gasteiger partial charge is 0.302 e. The predicted octanol–water partition coefficient (Wildman–Crippen LogP) is 1.32. The maximum Gasteiger partial charge on any atom is 0.302 e. The summed E-state index contributed by atoms with van der Waals surface area (Å²) in [5.41, 5.74) is 1.29. The van der Waals surface area contributed by atoms with Gasteiger partial charge in [-0.1, -0.05) is 0 Å². The zero-order valence-electron chi connectivity index (χ0n) is 12.3. The minimum Gasteiger partial charge on any atom is -0.316 e. The number of carbonyl (C=O) groups is 2. The highest BCUT2D eigenvalue weighted by atomic mass is 32.3. The van der Waals surface area contributed by atoms with Crippen molar-refractivity contribution in [3.8, 4) is 0 Å². The van der Waals surface area contributed by atoms with Gasteiger partial charge in [-0.05, 0) is 24.3 Å². The molecule has 1 saturated heterocycles. The number of carbonyl (C=O) groups excluding carboxylic acids is 2. The molecule has 1 heterocycles. The highest BCUT2D eigenvalue weighted by Crippen LogP contribution is 2.28. The van der Waals surface area contributed by atoms with Crippen LogP contribution in [0.5, 0.6) is 0 Å². The molecule has 6 nitrogen and oxygen atoms in total. The first-order valence-electron chi connectivity index (χ1n) is 6.74. The average molecular weight is 328 g/mol. The van der Waals surface area contributed by atoms with E-state index in [0.717, 1.165) is 0 Å². The van der Waals surface area contributed by atoms with Gasteiger partial charge in [0.25, 0.3) is 0 Å². The Morgan fingerprint density at radius 2 is 1.95 bits per heavy atom. The number of rotatable bonds is 4. The molecule has 0 bridgehead atoms. The first-order valence-corrected chi connectivity index (χ1v) is 8.29. The zero-order valence-corrected chi connectivity index (χ0v) is 13.1. The Kier molecular flexibility index (Phi) is 4.50. The van der Waals surface area contributed by atoms with Crippen molar-refractivity contribution in [2.75, 3.05) is 29.1 Å². The number of halogens is 1. The molecule has 1 atom stereocenters. The Labute approximate surface area is 128 Å². The quantitative estimate of drug-likeness (QED) is 0.781. The van der Waals surface area contributed by atoms with E-state index >= 15 is 0 Å². The van der Waals surface area contributed by atoms with Gasteiger partial charge < -0.3 is 9.80 Å². The molecule has 2 rings (SSSR count). The molecule has 1 aliphatic rings. The van der Waals surface area contributed by atoms with Crippen molar-refractivity contribution in [2.45, 2.75) is 13.3 Å². The number of amides is 2. The molecule has 8 heteroatoms. The summed E-state index contributed by atoms with van der Waals surface area (Å²) < 4.78 is 34.1. The van der Waals surface area contributed by atoms with Crippen LogP contribution in [-0.4, -0.2) is 39.6 Å². The molecular weight excluding hydrogens is 311 g/mol. The van der Waals surface area contributed by atoms with E-state index in [1.807, 2.05) is 0 Å². The third-order valence-corrected chi connectivity index (χ3v) is 4.53. The minimum atomic E-state index is -4.59. The lowest BCUT2D eigenvalue weighted by Crippen LogP contribution is -2.26. The van der Waals surface area contributed by atoms with E-state index < -0.39 is 21.9 Å². The van der Waals surface area contributed by atoms with Gasteiger partial charge in [0.15, 0.2) is 0 Å². The summed E-state index contributed by atoms with van der Waals surface area (Å²) >= 11 is 0. The van der Waals surface area contributed by atoms with E-state index in [-0.39, 0.29) is 24.8 Å². The normalized spacial score (nSPS) is 18.6. The van der Waals surface area contributed by atoms with Crippen LogP contribution in [0.4, 0.5) is 15.3 Å². The minimum absolute atomic E-state index is 0.0122. The van der Waals surface area contributed by atoms with Crippen LogP contribution >= 0.6 is 0 Å². The molecule has 0 aliphatic carbocycles. The monoisotopic (exact) mass is 328 g/mol. The van der Waals surface area contributed by atoms with Gasteiger partial charge in [-0.25, -0.2) is 0 Å². The second-order valence-corrected chi connectivity index (χ2v) is 6.79. The van der Waals surface area contributed by atoms with Crippen LogP contribution in [-0.2, 0) is 19.8 Å². The van der Waals surface area contributed by atoms with Crippen LogP contribution in [0.25, 0.3) is 0 Å². The van der Waals surface area contributed by atoms with Gasteiger partial charge in [0.2, 0.25) is 11.8 Å². The largest absolute Gasteiger partial charge is 0.316 e. The molecule has 0 N–H and O–H groups in total. The van der Waals surface area contributed by atoms with Gasteiger partial charge >= 0.3 is 10.2 Å². The van der Waals surface area contributed by atoms with Crippen LogP contribution in [0.1, 0.15) is 13.3 Å². The van der Waals surface area contributed by atoms with Crippen molar-refractivity contribution < 1.29 is 21.9 Å². The lowest BCUT2D eigenvalue weighted by atomic mass is 10.1. The van der Waals surface area contributed by atoms with Gasteiger partial charge in [0.1, 0.15) is 0 Å². The van der Waals surface area contributed by atoms with Crippen molar-refractivity contribution in [3.63, 3.8) is 0 Å². The van der Waals surface area contributed by atoms with Crippen LogP contribution in [0.2, 0.25) is 0 Å². The van der Waals surface area contributed by atoms with Crippen LogP contribution in [0.15, 0.2) is 24.3 Å². The number of nitrogens with zero attached hydrogens (tertiary/aromatic N) is 2. The highest BCUT2D eigenvalue weighted by molar-refractivity contribution is 7.86. The molecule has 120 valence electrons. The molecule has 0 aromatic heterocycles. The molecule has 0 spiro atoms. The highest BCUT2D eigenvalue weighted by Gasteiger charge is 2.33. The van der Waals surface area contributed by atoms with Gasteiger partial charge in [0, 0.05) is 44.2 Å². The van der Waals surface area contributed by atoms with Crippen LogP contribution < -0.4 is 9.80 Å². The van der Waals surface area contributed by atoms with E-state index in [2.05, 4.69) is 0 Å². The fourth-order valence-corrected chi connectivity index (χ4v) is 3.25. The van der Waals surface area contributed by atoms with Gasteiger partial charge in [-0.15, -0.1) is 3.89 Å². The lowest BCUT2D eigenvalue weighted by Gasteiger charge is -2.19. The number of anilines is 2. The molecule has 1 fully saturated rings. The molecule has 1 unspecified atom stereocenters.